The lowest BCUT2D eigenvalue weighted by atomic mass is 9.73. The SMILES string of the molecule is C=Cc1ccc(CBr)c(Cc2ccc(OC)cc2)c1C1(NC(=O)Cc2ccccc2)C(=O)N2C(C(=O)O)=CCS[C@H]21. The zero-order valence-electron chi connectivity index (χ0n) is 22.4. The molecule has 41 heavy (non-hydrogen) atoms. The van der Waals surface area contributed by atoms with Gasteiger partial charge in [0, 0.05) is 16.6 Å². The molecule has 0 aromatic heterocycles. The van der Waals surface area contributed by atoms with Crippen molar-refractivity contribution < 1.29 is 24.2 Å². The molecule has 2 aliphatic rings. The Balaban J connectivity index is 1.68. The molecule has 3 aromatic rings. The third kappa shape index (κ3) is 5.20. The average Bonchev–Trinajstić information content (AvgIpc) is 3.00. The highest BCUT2D eigenvalue weighted by molar-refractivity contribution is 9.08. The fourth-order valence-corrected chi connectivity index (χ4v) is 7.39. The maximum atomic E-state index is 14.3. The molecule has 1 saturated heterocycles. The number of methoxy groups -OCH3 is 1. The van der Waals surface area contributed by atoms with E-state index in [0.29, 0.717) is 28.6 Å². The Morgan fingerprint density at radius 1 is 1.15 bits per heavy atom. The maximum absolute atomic E-state index is 14.3. The fraction of sp³-hybridized carbons (Fsp3) is 0.219. The molecule has 1 unspecified atom stereocenters. The second-order valence-electron chi connectivity index (χ2n) is 9.80. The molecule has 0 aliphatic carbocycles. The molecule has 9 heteroatoms. The number of fused-ring (bicyclic) bond motifs is 1. The Morgan fingerprint density at radius 2 is 1.88 bits per heavy atom. The summed E-state index contributed by atoms with van der Waals surface area (Å²) < 4.78 is 5.33. The van der Waals surface area contributed by atoms with Crippen LogP contribution in [0.2, 0.25) is 0 Å². The molecule has 2 N–H and O–H groups in total. The first-order valence-electron chi connectivity index (χ1n) is 13.0. The third-order valence-electron chi connectivity index (χ3n) is 7.45. The molecule has 210 valence electrons. The van der Waals surface area contributed by atoms with Crippen LogP contribution in [0.3, 0.4) is 0 Å². The molecule has 2 heterocycles. The van der Waals surface area contributed by atoms with Crippen molar-refractivity contribution in [1.82, 2.24) is 10.2 Å². The van der Waals surface area contributed by atoms with Crippen molar-refractivity contribution in [3.63, 3.8) is 0 Å². The average molecular weight is 634 g/mol. The largest absolute Gasteiger partial charge is 0.497 e. The number of carbonyl (C=O) groups excluding carboxylic acids is 2. The number of thioether (sulfide) groups is 1. The van der Waals surface area contributed by atoms with E-state index in [1.165, 1.54) is 16.7 Å². The molecule has 3 aromatic carbocycles. The monoisotopic (exact) mass is 632 g/mol. The number of alkyl halides is 1. The number of carboxylic acid groups (broad SMARTS) is 1. The van der Waals surface area contributed by atoms with Gasteiger partial charge in [0.2, 0.25) is 5.91 Å². The summed E-state index contributed by atoms with van der Waals surface area (Å²) in [6, 6.07) is 20.9. The number of carboxylic acids is 1. The number of nitrogens with zero attached hydrogens (tertiary/aromatic N) is 1. The normalized spacial score (nSPS) is 19.5. The first kappa shape index (κ1) is 28.7. The molecule has 7 nitrogen and oxygen atoms in total. The van der Waals surface area contributed by atoms with Crippen molar-refractivity contribution in [3.05, 3.63) is 118 Å². The third-order valence-corrected chi connectivity index (χ3v) is 9.30. The van der Waals surface area contributed by atoms with Crippen LogP contribution in [0.25, 0.3) is 6.08 Å². The van der Waals surface area contributed by atoms with Crippen LogP contribution in [0.1, 0.15) is 33.4 Å². The second-order valence-corrected chi connectivity index (χ2v) is 11.5. The number of halogens is 1. The summed E-state index contributed by atoms with van der Waals surface area (Å²) in [7, 11) is 1.61. The molecular formula is C32H29BrN2O5S. The lowest BCUT2D eigenvalue weighted by Crippen LogP contribution is -2.77. The van der Waals surface area contributed by atoms with Gasteiger partial charge in [-0.3, -0.25) is 14.5 Å². The highest BCUT2D eigenvalue weighted by atomic mass is 79.9. The molecule has 2 atom stereocenters. The summed E-state index contributed by atoms with van der Waals surface area (Å²) in [5, 5.41) is 12.9. The number of aliphatic carboxylic acids is 1. The predicted octanol–water partition coefficient (Wildman–Crippen LogP) is 5.26. The van der Waals surface area contributed by atoms with Gasteiger partial charge < -0.3 is 15.2 Å². The van der Waals surface area contributed by atoms with E-state index >= 15 is 0 Å². The molecular weight excluding hydrogens is 604 g/mol. The van der Waals surface area contributed by atoms with Crippen molar-refractivity contribution in [3.8, 4) is 5.75 Å². The molecule has 0 radical (unpaired) electrons. The number of rotatable bonds is 10. The topological polar surface area (TPSA) is 95.9 Å². The van der Waals surface area contributed by atoms with Crippen LogP contribution in [0.5, 0.6) is 5.75 Å². The van der Waals surface area contributed by atoms with Gasteiger partial charge in [0.25, 0.3) is 5.91 Å². The molecule has 2 aliphatic heterocycles. The van der Waals surface area contributed by atoms with E-state index in [-0.39, 0.29) is 18.0 Å². The smallest absolute Gasteiger partial charge is 0.352 e. The van der Waals surface area contributed by atoms with Crippen LogP contribution in [0.4, 0.5) is 0 Å². The Bertz CT molecular complexity index is 1540. The number of hydrogen-bond donors (Lipinski definition) is 2. The fourth-order valence-electron chi connectivity index (χ4n) is 5.54. The number of amides is 2. The summed E-state index contributed by atoms with van der Waals surface area (Å²) in [6.07, 6.45) is 3.78. The van der Waals surface area contributed by atoms with Crippen LogP contribution >= 0.6 is 27.7 Å². The standard InChI is InChI=1S/C32H29BrN2O5S/c1-3-22-11-12-23(19-33)25(17-21-9-13-24(40-2)14-10-21)28(22)32(34-27(36)18-20-7-5-4-6-8-20)30(39)35-26(29(37)38)15-16-41-31(32)35/h3-15,31H,1,16-19H2,2H3,(H,34,36)(H,37,38)/t31-,32?/m0/s1. The Labute approximate surface area is 251 Å². The summed E-state index contributed by atoms with van der Waals surface area (Å²) >= 11 is 5.05. The van der Waals surface area contributed by atoms with Gasteiger partial charge in [0.15, 0.2) is 5.54 Å². The maximum Gasteiger partial charge on any atom is 0.352 e. The van der Waals surface area contributed by atoms with Gasteiger partial charge >= 0.3 is 5.97 Å². The van der Waals surface area contributed by atoms with Gasteiger partial charge in [-0.05, 0) is 52.4 Å². The number of carbonyl (C=O) groups is 3. The molecule has 5 rings (SSSR count). The van der Waals surface area contributed by atoms with Crippen molar-refractivity contribution in [1.29, 1.82) is 0 Å². The van der Waals surface area contributed by atoms with E-state index in [0.717, 1.165) is 28.0 Å². The minimum Gasteiger partial charge on any atom is -0.497 e. The highest BCUT2D eigenvalue weighted by Gasteiger charge is 2.66. The van der Waals surface area contributed by atoms with Crippen LogP contribution in [-0.4, -0.2) is 46.0 Å². The number of hydrogen-bond acceptors (Lipinski definition) is 5. The first-order chi connectivity index (χ1) is 19.8. The van der Waals surface area contributed by atoms with Crippen molar-refractivity contribution in [2.45, 2.75) is 29.1 Å². The van der Waals surface area contributed by atoms with Crippen molar-refractivity contribution >= 4 is 51.6 Å². The van der Waals surface area contributed by atoms with Crippen LogP contribution in [-0.2, 0) is 38.1 Å². The summed E-state index contributed by atoms with van der Waals surface area (Å²) in [4.78, 5) is 41.4. The predicted molar refractivity (Wildman–Crippen MR) is 164 cm³/mol. The van der Waals surface area contributed by atoms with E-state index < -0.39 is 22.8 Å². The lowest BCUT2D eigenvalue weighted by Gasteiger charge is -2.57. The van der Waals surface area contributed by atoms with E-state index in [2.05, 4.69) is 27.8 Å². The van der Waals surface area contributed by atoms with Gasteiger partial charge in [0.05, 0.1) is 13.5 Å². The quantitative estimate of drug-likeness (QED) is 0.234. The van der Waals surface area contributed by atoms with Gasteiger partial charge in [-0.25, -0.2) is 4.79 Å². The molecule has 1 fully saturated rings. The number of β-lactam (4-membered cyclic amide) rings is 1. The number of benzene rings is 3. The van der Waals surface area contributed by atoms with Gasteiger partial charge in [-0.15, -0.1) is 11.8 Å². The number of nitrogens with one attached hydrogen (secondary N) is 1. The molecule has 0 spiro atoms. The zero-order chi connectivity index (χ0) is 29.1. The van der Waals surface area contributed by atoms with Crippen molar-refractivity contribution in [2.75, 3.05) is 12.9 Å². The Hall–Kier alpha value is -3.82. The van der Waals surface area contributed by atoms with Crippen LogP contribution < -0.4 is 10.1 Å². The Kier molecular flexibility index (Phi) is 8.37. The minimum absolute atomic E-state index is 0.0693. The highest BCUT2D eigenvalue weighted by Crippen LogP contribution is 2.52. The van der Waals surface area contributed by atoms with E-state index in [4.69, 9.17) is 4.74 Å². The minimum atomic E-state index is -1.49. The Morgan fingerprint density at radius 3 is 2.51 bits per heavy atom. The summed E-state index contributed by atoms with van der Waals surface area (Å²) in [5.41, 5.74) is 3.43. The number of ether oxygens (including phenoxy) is 1. The summed E-state index contributed by atoms with van der Waals surface area (Å²) in [6.45, 7) is 4.03. The first-order valence-corrected chi connectivity index (χ1v) is 15.2. The zero-order valence-corrected chi connectivity index (χ0v) is 24.8. The van der Waals surface area contributed by atoms with Gasteiger partial charge in [-0.1, -0.05) is 83.2 Å². The lowest BCUT2D eigenvalue weighted by molar-refractivity contribution is -0.160. The molecule has 0 saturated carbocycles. The van der Waals surface area contributed by atoms with Crippen LogP contribution in [0, 0.1) is 0 Å². The van der Waals surface area contributed by atoms with E-state index in [1.54, 1.807) is 19.3 Å². The van der Waals surface area contributed by atoms with E-state index in [1.807, 2.05) is 66.7 Å². The van der Waals surface area contributed by atoms with Gasteiger partial charge in [0.1, 0.15) is 16.8 Å². The van der Waals surface area contributed by atoms with E-state index in [9.17, 15) is 19.5 Å². The second kappa shape index (κ2) is 12.0. The van der Waals surface area contributed by atoms with Crippen molar-refractivity contribution in [2.24, 2.45) is 0 Å². The van der Waals surface area contributed by atoms with Crippen LogP contribution in [0.15, 0.2) is 85.1 Å². The molecule has 0 bridgehead atoms. The molecule has 2 amide bonds. The summed E-state index contributed by atoms with van der Waals surface area (Å²) in [5.74, 6) is -0.858. The van der Waals surface area contributed by atoms with Gasteiger partial charge in [-0.2, -0.15) is 0 Å².